The lowest BCUT2D eigenvalue weighted by atomic mass is 10.1. The highest BCUT2D eigenvalue weighted by Gasteiger charge is 2.22. The molecular formula is C22H29N3O3. The van der Waals surface area contributed by atoms with E-state index < -0.39 is 0 Å². The number of ether oxygens (including phenoxy) is 2. The number of piperazine rings is 1. The Morgan fingerprint density at radius 2 is 1.79 bits per heavy atom. The number of hydrogen-bond acceptors (Lipinski definition) is 5. The van der Waals surface area contributed by atoms with E-state index in [-0.39, 0.29) is 12.5 Å². The standard InChI is InChI=1S/C22H29N3O3/c1-16-6-5-7-20(17(16)2)24-10-12-25(13-11-24)22(26)15-23-19-9-8-18(27-3)14-21(19)28-4/h5-9,14,23H,10-13,15H2,1-4H3. The zero-order valence-corrected chi connectivity index (χ0v) is 17.1. The van der Waals surface area contributed by atoms with Crippen molar-refractivity contribution >= 4 is 17.3 Å². The Morgan fingerprint density at radius 1 is 1.04 bits per heavy atom. The molecule has 28 heavy (non-hydrogen) atoms. The van der Waals surface area contributed by atoms with Crippen LogP contribution in [-0.2, 0) is 4.79 Å². The van der Waals surface area contributed by atoms with Gasteiger partial charge in [0.15, 0.2) is 0 Å². The molecule has 0 bridgehead atoms. The van der Waals surface area contributed by atoms with Gasteiger partial charge < -0.3 is 24.6 Å². The summed E-state index contributed by atoms with van der Waals surface area (Å²) in [7, 11) is 3.22. The van der Waals surface area contributed by atoms with Gasteiger partial charge in [0.1, 0.15) is 11.5 Å². The maximum Gasteiger partial charge on any atom is 0.241 e. The summed E-state index contributed by atoms with van der Waals surface area (Å²) in [6.07, 6.45) is 0. The molecule has 1 N–H and O–H groups in total. The average Bonchev–Trinajstić information content (AvgIpc) is 2.74. The molecule has 1 aliphatic heterocycles. The number of hydrogen-bond donors (Lipinski definition) is 1. The van der Waals surface area contributed by atoms with Crippen LogP contribution in [-0.4, -0.2) is 57.8 Å². The van der Waals surface area contributed by atoms with Gasteiger partial charge in [-0.3, -0.25) is 4.79 Å². The second-order valence-electron chi connectivity index (χ2n) is 7.01. The van der Waals surface area contributed by atoms with Gasteiger partial charge in [0.05, 0.1) is 26.5 Å². The molecule has 1 heterocycles. The van der Waals surface area contributed by atoms with Gasteiger partial charge in [0.25, 0.3) is 0 Å². The molecule has 6 nitrogen and oxygen atoms in total. The Bertz CT molecular complexity index is 830. The maximum atomic E-state index is 12.6. The highest BCUT2D eigenvalue weighted by atomic mass is 16.5. The summed E-state index contributed by atoms with van der Waals surface area (Å²) in [5, 5.41) is 3.19. The van der Waals surface area contributed by atoms with Crippen molar-refractivity contribution in [1.82, 2.24) is 4.90 Å². The van der Waals surface area contributed by atoms with Crippen LogP contribution in [0.15, 0.2) is 36.4 Å². The molecule has 1 amide bonds. The summed E-state index contributed by atoms with van der Waals surface area (Å²) >= 11 is 0. The van der Waals surface area contributed by atoms with E-state index in [0.717, 1.165) is 37.6 Å². The topological polar surface area (TPSA) is 54.0 Å². The van der Waals surface area contributed by atoms with Crippen molar-refractivity contribution in [3.8, 4) is 11.5 Å². The average molecular weight is 383 g/mol. The number of anilines is 2. The number of carbonyl (C=O) groups excluding carboxylic acids is 1. The summed E-state index contributed by atoms with van der Waals surface area (Å²) in [6, 6.07) is 11.9. The second kappa shape index (κ2) is 8.87. The quantitative estimate of drug-likeness (QED) is 0.831. The van der Waals surface area contributed by atoms with Gasteiger partial charge in [-0.05, 0) is 43.2 Å². The van der Waals surface area contributed by atoms with E-state index in [2.05, 4.69) is 42.3 Å². The van der Waals surface area contributed by atoms with Gasteiger partial charge in [0, 0.05) is 37.9 Å². The third-order valence-corrected chi connectivity index (χ3v) is 5.39. The normalized spacial score (nSPS) is 14.0. The molecule has 2 aromatic carbocycles. The van der Waals surface area contributed by atoms with E-state index in [1.807, 2.05) is 17.0 Å². The van der Waals surface area contributed by atoms with Crippen LogP contribution in [0, 0.1) is 13.8 Å². The number of amides is 1. The summed E-state index contributed by atoms with van der Waals surface area (Å²) in [4.78, 5) is 16.9. The SMILES string of the molecule is COc1ccc(NCC(=O)N2CCN(c3cccc(C)c3C)CC2)c(OC)c1. The number of benzene rings is 2. The lowest BCUT2D eigenvalue weighted by Crippen LogP contribution is -2.50. The van der Waals surface area contributed by atoms with Crippen LogP contribution in [0.5, 0.6) is 11.5 Å². The third-order valence-electron chi connectivity index (χ3n) is 5.39. The molecule has 0 radical (unpaired) electrons. The predicted molar refractivity (Wildman–Crippen MR) is 113 cm³/mol. The monoisotopic (exact) mass is 383 g/mol. The number of methoxy groups -OCH3 is 2. The Balaban J connectivity index is 1.55. The molecule has 0 unspecified atom stereocenters. The number of nitrogens with one attached hydrogen (secondary N) is 1. The second-order valence-corrected chi connectivity index (χ2v) is 7.01. The Morgan fingerprint density at radius 3 is 2.46 bits per heavy atom. The minimum absolute atomic E-state index is 0.0958. The Hall–Kier alpha value is -2.89. The van der Waals surface area contributed by atoms with Crippen molar-refractivity contribution in [2.24, 2.45) is 0 Å². The summed E-state index contributed by atoms with van der Waals surface area (Å²) in [6.45, 7) is 7.70. The van der Waals surface area contributed by atoms with Crippen molar-refractivity contribution < 1.29 is 14.3 Å². The summed E-state index contributed by atoms with van der Waals surface area (Å²) < 4.78 is 10.6. The molecule has 6 heteroatoms. The minimum atomic E-state index is 0.0958. The van der Waals surface area contributed by atoms with Gasteiger partial charge in [-0.2, -0.15) is 0 Å². The van der Waals surface area contributed by atoms with Crippen LogP contribution in [0.3, 0.4) is 0 Å². The van der Waals surface area contributed by atoms with E-state index in [9.17, 15) is 4.79 Å². The van der Waals surface area contributed by atoms with E-state index >= 15 is 0 Å². The fourth-order valence-electron chi connectivity index (χ4n) is 3.50. The first-order valence-electron chi connectivity index (χ1n) is 9.58. The highest BCUT2D eigenvalue weighted by molar-refractivity contribution is 5.82. The van der Waals surface area contributed by atoms with Crippen molar-refractivity contribution in [2.75, 3.05) is 57.2 Å². The minimum Gasteiger partial charge on any atom is -0.497 e. The van der Waals surface area contributed by atoms with E-state index in [4.69, 9.17) is 9.47 Å². The van der Waals surface area contributed by atoms with E-state index in [1.165, 1.54) is 16.8 Å². The van der Waals surface area contributed by atoms with E-state index in [1.54, 1.807) is 20.3 Å². The Kier molecular flexibility index (Phi) is 6.29. The van der Waals surface area contributed by atoms with Gasteiger partial charge in [0.2, 0.25) is 5.91 Å². The lowest BCUT2D eigenvalue weighted by molar-refractivity contribution is -0.129. The zero-order chi connectivity index (χ0) is 20.1. The number of carbonyl (C=O) groups is 1. The van der Waals surface area contributed by atoms with Crippen molar-refractivity contribution in [3.63, 3.8) is 0 Å². The fourth-order valence-corrected chi connectivity index (χ4v) is 3.50. The Labute approximate surface area is 167 Å². The molecular weight excluding hydrogens is 354 g/mol. The number of rotatable bonds is 6. The van der Waals surface area contributed by atoms with Gasteiger partial charge >= 0.3 is 0 Å². The molecule has 0 aliphatic carbocycles. The number of aryl methyl sites for hydroxylation is 1. The third kappa shape index (κ3) is 4.32. The fraction of sp³-hybridized carbons (Fsp3) is 0.409. The first-order valence-corrected chi connectivity index (χ1v) is 9.58. The summed E-state index contributed by atoms with van der Waals surface area (Å²) in [5.41, 5.74) is 4.67. The van der Waals surface area contributed by atoms with Crippen molar-refractivity contribution in [1.29, 1.82) is 0 Å². The largest absolute Gasteiger partial charge is 0.497 e. The number of nitrogens with zero attached hydrogens (tertiary/aromatic N) is 2. The predicted octanol–water partition coefficient (Wildman–Crippen LogP) is 3.08. The molecule has 0 atom stereocenters. The molecule has 0 spiro atoms. The maximum absolute atomic E-state index is 12.6. The highest BCUT2D eigenvalue weighted by Crippen LogP contribution is 2.29. The molecule has 1 saturated heterocycles. The zero-order valence-electron chi connectivity index (χ0n) is 17.1. The van der Waals surface area contributed by atoms with Crippen LogP contribution >= 0.6 is 0 Å². The molecule has 2 aromatic rings. The van der Waals surface area contributed by atoms with Crippen LogP contribution in [0.25, 0.3) is 0 Å². The molecule has 0 saturated carbocycles. The molecule has 3 rings (SSSR count). The molecule has 1 fully saturated rings. The first kappa shape index (κ1) is 19.9. The summed E-state index contributed by atoms with van der Waals surface area (Å²) in [5.74, 6) is 1.47. The molecule has 150 valence electrons. The van der Waals surface area contributed by atoms with Crippen LogP contribution < -0.4 is 19.7 Å². The van der Waals surface area contributed by atoms with Crippen LogP contribution in [0.1, 0.15) is 11.1 Å². The first-order chi connectivity index (χ1) is 13.5. The lowest BCUT2D eigenvalue weighted by Gasteiger charge is -2.37. The van der Waals surface area contributed by atoms with Gasteiger partial charge in [-0.15, -0.1) is 0 Å². The smallest absolute Gasteiger partial charge is 0.241 e. The van der Waals surface area contributed by atoms with Crippen LogP contribution in [0.4, 0.5) is 11.4 Å². The molecule has 1 aliphatic rings. The van der Waals surface area contributed by atoms with E-state index in [0.29, 0.717) is 5.75 Å². The van der Waals surface area contributed by atoms with Crippen molar-refractivity contribution in [3.05, 3.63) is 47.5 Å². The van der Waals surface area contributed by atoms with Crippen molar-refractivity contribution in [2.45, 2.75) is 13.8 Å². The molecule has 0 aromatic heterocycles. The van der Waals surface area contributed by atoms with Gasteiger partial charge in [-0.1, -0.05) is 12.1 Å². The van der Waals surface area contributed by atoms with Crippen LogP contribution in [0.2, 0.25) is 0 Å². The van der Waals surface area contributed by atoms with Gasteiger partial charge in [-0.25, -0.2) is 0 Å².